The normalized spacial score (nSPS) is 16.6. The largest absolute Gasteiger partial charge is 0.368 e. The molecule has 0 saturated carbocycles. The van der Waals surface area contributed by atoms with Crippen molar-refractivity contribution in [2.45, 2.75) is 32.3 Å². The summed E-state index contributed by atoms with van der Waals surface area (Å²) in [5, 5.41) is 10.3. The van der Waals surface area contributed by atoms with Gasteiger partial charge in [-0.15, -0.1) is 0 Å². The third-order valence-corrected chi connectivity index (χ3v) is 4.66. The highest BCUT2D eigenvalue weighted by Crippen LogP contribution is 2.26. The SMILES string of the molecule is COC1(C(=O)Nc2ccc(-n3nc(C)cc3C)c(F)c2)CCNCC1. The standard InChI is InChI=1S/C18H23FN4O2/c1-12-10-13(2)23(22-12)16-5-4-14(11-15(16)19)21-17(24)18(25-3)6-8-20-9-7-18/h4-5,10-11,20H,6-9H2,1-3H3,(H,21,24). The van der Waals surface area contributed by atoms with Crippen molar-refractivity contribution in [1.82, 2.24) is 15.1 Å². The Morgan fingerprint density at radius 3 is 2.60 bits per heavy atom. The molecule has 0 aliphatic carbocycles. The number of carbonyl (C=O) groups excluding carboxylic acids is 1. The molecule has 134 valence electrons. The molecule has 7 heteroatoms. The summed E-state index contributed by atoms with van der Waals surface area (Å²) in [6, 6.07) is 6.49. The lowest BCUT2D eigenvalue weighted by atomic mass is 9.91. The van der Waals surface area contributed by atoms with E-state index in [1.165, 1.54) is 13.2 Å². The summed E-state index contributed by atoms with van der Waals surface area (Å²) in [5.41, 5.74) is 1.56. The van der Waals surface area contributed by atoms with Gasteiger partial charge in [0.1, 0.15) is 11.3 Å². The monoisotopic (exact) mass is 346 g/mol. The number of hydrogen-bond donors (Lipinski definition) is 2. The fourth-order valence-electron chi connectivity index (χ4n) is 3.23. The second kappa shape index (κ2) is 6.93. The van der Waals surface area contributed by atoms with Crippen LogP contribution in [0.2, 0.25) is 0 Å². The van der Waals surface area contributed by atoms with Gasteiger partial charge in [0.05, 0.1) is 5.69 Å². The second-order valence-corrected chi connectivity index (χ2v) is 6.41. The number of aromatic nitrogens is 2. The third kappa shape index (κ3) is 3.43. The highest BCUT2D eigenvalue weighted by atomic mass is 19.1. The number of piperidine rings is 1. The molecule has 1 aromatic heterocycles. The van der Waals surface area contributed by atoms with E-state index in [2.05, 4.69) is 15.7 Å². The van der Waals surface area contributed by atoms with Gasteiger partial charge in [0.15, 0.2) is 5.82 Å². The van der Waals surface area contributed by atoms with Crippen LogP contribution in [0, 0.1) is 19.7 Å². The maximum atomic E-state index is 14.5. The van der Waals surface area contributed by atoms with Crippen LogP contribution in [0.1, 0.15) is 24.2 Å². The van der Waals surface area contributed by atoms with Crippen molar-refractivity contribution in [2.24, 2.45) is 0 Å². The molecule has 1 aliphatic heterocycles. The van der Waals surface area contributed by atoms with E-state index in [1.54, 1.807) is 16.8 Å². The van der Waals surface area contributed by atoms with Gasteiger partial charge in [0, 0.05) is 18.5 Å². The molecule has 0 unspecified atom stereocenters. The summed E-state index contributed by atoms with van der Waals surface area (Å²) in [5.74, 6) is -0.685. The zero-order valence-corrected chi connectivity index (χ0v) is 14.7. The molecule has 3 rings (SSSR count). The van der Waals surface area contributed by atoms with Gasteiger partial charge in [-0.3, -0.25) is 4.79 Å². The topological polar surface area (TPSA) is 68.2 Å². The average Bonchev–Trinajstić information content (AvgIpc) is 2.93. The van der Waals surface area contributed by atoms with Crippen LogP contribution in [0.25, 0.3) is 5.69 Å². The third-order valence-electron chi connectivity index (χ3n) is 4.66. The number of hydrogen-bond acceptors (Lipinski definition) is 4. The molecule has 1 amide bonds. The molecule has 1 saturated heterocycles. The van der Waals surface area contributed by atoms with Crippen molar-refractivity contribution in [1.29, 1.82) is 0 Å². The first-order valence-corrected chi connectivity index (χ1v) is 8.36. The summed E-state index contributed by atoms with van der Waals surface area (Å²) in [4.78, 5) is 12.6. The van der Waals surface area contributed by atoms with Crippen molar-refractivity contribution in [3.05, 3.63) is 41.5 Å². The van der Waals surface area contributed by atoms with Crippen LogP contribution < -0.4 is 10.6 Å². The predicted octanol–water partition coefficient (Wildman–Crippen LogP) is 2.34. The van der Waals surface area contributed by atoms with E-state index in [4.69, 9.17) is 4.74 Å². The molecule has 0 spiro atoms. The molecule has 25 heavy (non-hydrogen) atoms. The molecule has 0 atom stereocenters. The Morgan fingerprint density at radius 1 is 1.32 bits per heavy atom. The fraction of sp³-hybridized carbons (Fsp3) is 0.444. The Labute approximate surface area is 146 Å². The van der Waals surface area contributed by atoms with Crippen molar-refractivity contribution in [3.63, 3.8) is 0 Å². The van der Waals surface area contributed by atoms with Crippen LogP contribution in [0.15, 0.2) is 24.3 Å². The van der Waals surface area contributed by atoms with Gasteiger partial charge in [0.2, 0.25) is 0 Å². The van der Waals surface area contributed by atoms with Crippen LogP contribution in [-0.2, 0) is 9.53 Å². The molecule has 2 aromatic rings. The van der Waals surface area contributed by atoms with Gasteiger partial charge in [-0.05, 0) is 64.0 Å². The Kier molecular flexibility index (Phi) is 4.87. The van der Waals surface area contributed by atoms with E-state index in [-0.39, 0.29) is 5.91 Å². The number of aryl methyl sites for hydroxylation is 2. The molecule has 1 aromatic carbocycles. The number of methoxy groups -OCH3 is 1. The second-order valence-electron chi connectivity index (χ2n) is 6.41. The van der Waals surface area contributed by atoms with Crippen molar-refractivity contribution in [2.75, 3.05) is 25.5 Å². The van der Waals surface area contributed by atoms with Crippen LogP contribution in [0.4, 0.5) is 10.1 Å². The summed E-state index contributed by atoms with van der Waals surface area (Å²) in [6.45, 7) is 5.16. The van der Waals surface area contributed by atoms with E-state index in [1.807, 2.05) is 19.9 Å². The van der Waals surface area contributed by atoms with Gasteiger partial charge in [-0.25, -0.2) is 9.07 Å². The van der Waals surface area contributed by atoms with Gasteiger partial charge in [0.25, 0.3) is 5.91 Å². The molecule has 2 heterocycles. The van der Waals surface area contributed by atoms with Crippen molar-refractivity contribution >= 4 is 11.6 Å². The van der Waals surface area contributed by atoms with Crippen LogP contribution >= 0.6 is 0 Å². The Balaban J connectivity index is 1.81. The van der Waals surface area contributed by atoms with Crippen molar-refractivity contribution < 1.29 is 13.9 Å². The maximum Gasteiger partial charge on any atom is 0.256 e. The van der Waals surface area contributed by atoms with E-state index in [0.717, 1.165) is 11.4 Å². The Morgan fingerprint density at radius 2 is 2.04 bits per heavy atom. The number of nitrogens with one attached hydrogen (secondary N) is 2. The molecule has 0 radical (unpaired) electrons. The number of halogens is 1. The number of amides is 1. The van der Waals surface area contributed by atoms with E-state index < -0.39 is 11.4 Å². The van der Waals surface area contributed by atoms with Crippen LogP contribution in [0.3, 0.4) is 0 Å². The number of nitrogens with zero attached hydrogens (tertiary/aromatic N) is 2. The summed E-state index contributed by atoms with van der Waals surface area (Å²) >= 11 is 0. The van der Waals surface area contributed by atoms with Crippen LogP contribution in [0.5, 0.6) is 0 Å². The number of carbonyl (C=O) groups is 1. The molecular weight excluding hydrogens is 323 g/mol. The summed E-state index contributed by atoms with van der Waals surface area (Å²) in [6.07, 6.45) is 1.17. The minimum Gasteiger partial charge on any atom is -0.368 e. The first kappa shape index (κ1) is 17.6. The number of benzene rings is 1. The number of anilines is 1. The molecule has 0 bridgehead atoms. The van der Waals surface area contributed by atoms with E-state index >= 15 is 0 Å². The maximum absolute atomic E-state index is 14.5. The fourth-order valence-corrected chi connectivity index (χ4v) is 3.23. The van der Waals surface area contributed by atoms with E-state index in [0.29, 0.717) is 37.3 Å². The molecular formula is C18H23FN4O2. The van der Waals surface area contributed by atoms with Gasteiger partial charge >= 0.3 is 0 Å². The zero-order chi connectivity index (χ0) is 18.0. The lowest BCUT2D eigenvalue weighted by Crippen LogP contribution is -2.51. The lowest BCUT2D eigenvalue weighted by molar-refractivity contribution is -0.140. The summed E-state index contributed by atoms with van der Waals surface area (Å²) < 4.78 is 21.6. The smallest absolute Gasteiger partial charge is 0.256 e. The average molecular weight is 346 g/mol. The minimum absolute atomic E-state index is 0.241. The number of ether oxygens (including phenoxy) is 1. The zero-order valence-electron chi connectivity index (χ0n) is 14.7. The van der Waals surface area contributed by atoms with E-state index in [9.17, 15) is 9.18 Å². The van der Waals surface area contributed by atoms with Crippen molar-refractivity contribution in [3.8, 4) is 5.69 Å². The first-order chi connectivity index (χ1) is 11.9. The lowest BCUT2D eigenvalue weighted by Gasteiger charge is -2.34. The van der Waals surface area contributed by atoms with Gasteiger partial charge in [-0.1, -0.05) is 0 Å². The first-order valence-electron chi connectivity index (χ1n) is 8.36. The van der Waals surface area contributed by atoms with Gasteiger partial charge in [-0.2, -0.15) is 5.10 Å². The quantitative estimate of drug-likeness (QED) is 0.892. The predicted molar refractivity (Wildman–Crippen MR) is 93.5 cm³/mol. The molecule has 6 nitrogen and oxygen atoms in total. The Bertz CT molecular complexity index is 781. The molecule has 2 N–H and O–H groups in total. The molecule has 1 fully saturated rings. The Hall–Kier alpha value is -2.25. The number of rotatable bonds is 4. The minimum atomic E-state index is -0.865. The highest BCUT2D eigenvalue weighted by molar-refractivity contribution is 5.97. The highest BCUT2D eigenvalue weighted by Gasteiger charge is 2.39. The van der Waals surface area contributed by atoms with Crippen LogP contribution in [-0.4, -0.2) is 41.5 Å². The molecule has 1 aliphatic rings. The summed E-state index contributed by atoms with van der Waals surface area (Å²) in [7, 11) is 1.54. The van der Waals surface area contributed by atoms with Gasteiger partial charge < -0.3 is 15.4 Å².